The third kappa shape index (κ3) is 2.84. The lowest BCUT2D eigenvalue weighted by Crippen LogP contribution is -2.56. The van der Waals surface area contributed by atoms with Crippen molar-refractivity contribution in [2.24, 2.45) is 11.3 Å². The molecular weight excluding hydrogens is 338 g/mol. The van der Waals surface area contributed by atoms with Crippen molar-refractivity contribution >= 4 is 11.7 Å². The summed E-state index contributed by atoms with van der Waals surface area (Å²) in [4.78, 5) is 25.6. The maximum absolute atomic E-state index is 13.3. The predicted molar refractivity (Wildman–Crippen MR) is 104 cm³/mol. The normalized spacial score (nSPS) is 32.5. The standard InChI is InChI=1S/C23H31NO3/c1-15(2)4-5-16-6-7-17-14-22(10-8-18(27-3)9-11-22)23(19(17)12-16)20(25)13-21(26)24-23/h6-7,12,15,18H,4-5,8-11,13-14H2,1-3H3,(H,24,26). The zero-order valence-electron chi connectivity index (χ0n) is 16.8. The first-order valence-corrected chi connectivity index (χ1v) is 10.4. The number of ketones is 1. The van der Waals surface area contributed by atoms with Gasteiger partial charge in [0, 0.05) is 12.5 Å². The summed E-state index contributed by atoms with van der Waals surface area (Å²) in [6.07, 6.45) is 7.08. The Balaban J connectivity index is 1.75. The van der Waals surface area contributed by atoms with Gasteiger partial charge in [0.25, 0.3) is 0 Å². The van der Waals surface area contributed by atoms with E-state index in [9.17, 15) is 9.59 Å². The molecule has 0 aromatic heterocycles. The Kier molecular flexibility index (Phi) is 4.66. The summed E-state index contributed by atoms with van der Waals surface area (Å²) in [7, 11) is 1.77. The summed E-state index contributed by atoms with van der Waals surface area (Å²) in [5, 5.41) is 3.19. The molecule has 1 aromatic rings. The van der Waals surface area contributed by atoms with Crippen molar-refractivity contribution in [2.45, 2.75) is 76.9 Å². The molecule has 4 nitrogen and oxygen atoms in total. The Labute approximate surface area is 162 Å². The highest BCUT2D eigenvalue weighted by atomic mass is 16.5. The van der Waals surface area contributed by atoms with Crippen LogP contribution in [0.5, 0.6) is 0 Å². The van der Waals surface area contributed by atoms with E-state index in [-0.39, 0.29) is 29.6 Å². The Morgan fingerprint density at radius 2 is 1.96 bits per heavy atom. The van der Waals surface area contributed by atoms with E-state index >= 15 is 0 Å². The number of aryl methyl sites for hydroxylation is 1. The SMILES string of the molecule is COC1CCC2(CC1)Cc1ccc(CCC(C)C)cc1C21NC(=O)CC1=O. The van der Waals surface area contributed by atoms with Crippen LogP contribution in [0, 0.1) is 11.3 Å². The first-order valence-electron chi connectivity index (χ1n) is 10.4. The average Bonchev–Trinajstić information content (AvgIpc) is 3.09. The van der Waals surface area contributed by atoms with E-state index in [0.717, 1.165) is 50.5 Å². The number of benzene rings is 1. The monoisotopic (exact) mass is 369 g/mol. The van der Waals surface area contributed by atoms with Crippen LogP contribution >= 0.6 is 0 Å². The molecule has 0 bridgehead atoms. The van der Waals surface area contributed by atoms with Crippen LogP contribution in [-0.4, -0.2) is 24.9 Å². The van der Waals surface area contributed by atoms with E-state index in [1.54, 1.807) is 7.11 Å². The van der Waals surface area contributed by atoms with Gasteiger partial charge in [-0.1, -0.05) is 32.0 Å². The zero-order valence-corrected chi connectivity index (χ0v) is 16.8. The van der Waals surface area contributed by atoms with Gasteiger partial charge < -0.3 is 10.1 Å². The van der Waals surface area contributed by atoms with E-state index in [2.05, 4.69) is 37.4 Å². The van der Waals surface area contributed by atoms with Gasteiger partial charge in [-0.05, 0) is 67.6 Å². The minimum atomic E-state index is -0.814. The van der Waals surface area contributed by atoms with Crippen molar-refractivity contribution in [3.63, 3.8) is 0 Å². The van der Waals surface area contributed by atoms with Crippen LogP contribution in [0.25, 0.3) is 0 Å². The molecule has 2 aliphatic carbocycles. The van der Waals surface area contributed by atoms with Gasteiger partial charge in [0.15, 0.2) is 5.78 Å². The van der Waals surface area contributed by atoms with Gasteiger partial charge in [-0.3, -0.25) is 9.59 Å². The van der Waals surface area contributed by atoms with Gasteiger partial charge in [0.1, 0.15) is 5.54 Å². The number of hydrogen-bond acceptors (Lipinski definition) is 3. The Morgan fingerprint density at radius 1 is 1.22 bits per heavy atom. The second kappa shape index (κ2) is 6.73. The number of rotatable bonds is 4. The number of nitrogens with one attached hydrogen (secondary N) is 1. The predicted octanol–water partition coefficient (Wildman–Crippen LogP) is 3.69. The molecule has 27 heavy (non-hydrogen) atoms. The molecule has 3 aliphatic rings. The van der Waals surface area contributed by atoms with Crippen LogP contribution in [0.3, 0.4) is 0 Å². The number of carbonyl (C=O) groups is 2. The highest BCUT2D eigenvalue weighted by Crippen LogP contribution is 2.59. The van der Waals surface area contributed by atoms with Crippen LogP contribution in [0.4, 0.5) is 0 Å². The average molecular weight is 370 g/mol. The molecule has 0 radical (unpaired) electrons. The molecule has 1 N–H and O–H groups in total. The molecule has 1 amide bonds. The first-order chi connectivity index (χ1) is 12.9. The summed E-state index contributed by atoms with van der Waals surface area (Å²) in [5.74, 6) is 0.604. The lowest BCUT2D eigenvalue weighted by molar-refractivity contribution is -0.129. The molecule has 1 unspecified atom stereocenters. The molecule has 4 rings (SSSR count). The Hall–Kier alpha value is -1.68. The fraction of sp³-hybridized carbons (Fsp3) is 0.652. The zero-order chi connectivity index (χ0) is 19.2. The third-order valence-electron chi connectivity index (χ3n) is 7.20. The maximum atomic E-state index is 13.3. The van der Waals surface area contributed by atoms with Crippen molar-refractivity contribution in [2.75, 3.05) is 7.11 Å². The Bertz CT molecular complexity index is 761. The summed E-state index contributed by atoms with van der Waals surface area (Å²) in [6.45, 7) is 4.47. The molecule has 1 heterocycles. The third-order valence-corrected chi connectivity index (χ3v) is 7.20. The molecule has 2 spiro atoms. The van der Waals surface area contributed by atoms with Gasteiger partial charge in [-0.25, -0.2) is 0 Å². The summed E-state index contributed by atoms with van der Waals surface area (Å²) >= 11 is 0. The van der Waals surface area contributed by atoms with Crippen LogP contribution < -0.4 is 5.32 Å². The molecule has 1 aliphatic heterocycles. The topological polar surface area (TPSA) is 55.4 Å². The second-order valence-electron chi connectivity index (χ2n) is 9.21. The Morgan fingerprint density at radius 3 is 2.56 bits per heavy atom. The van der Waals surface area contributed by atoms with Gasteiger partial charge in [0.2, 0.25) is 5.91 Å². The molecule has 1 saturated carbocycles. The van der Waals surface area contributed by atoms with E-state index in [4.69, 9.17) is 4.74 Å². The van der Waals surface area contributed by atoms with Crippen molar-refractivity contribution in [3.05, 3.63) is 34.9 Å². The highest BCUT2D eigenvalue weighted by Gasteiger charge is 2.65. The fourth-order valence-corrected chi connectivity index (χ4v) is 5.70. The molecule has 4 heteroatoms. The number of hydrogen-bond donors (Lipinski definition) is 1. The largest absolute Gasteiger partial charge is 0.381 e. The quantitative estimate of drug-likeness (QED) is 0.824. The number of carbonyl (C=O) groups excluding carboxylic acids is 2. The van der Waals surface area contributed by atoms with E-state index < -0.39 is 5.54 Å². The molecule has 1 atom stereocenters. The highest BCUT2D eigenvalue weighted by molar-refractivity contribution is 6.11. The number of amides is 1. The van der Waals surface area contributed by atoms with E-state index in [1.807, 2.05) is 0 Å². The number of methoxy groups -OCH3 is 1. The molecule has 1 aromatic carbocycles. The molecular formula is C23H31NO3. The van der Waals surface area contributed by atoms with E-state index in [1.165, 1.54) is 11.1 Å². The van der Waals surface area contributed by atoms with Gasteiger partial charge >= 0.3 is 0 Å². The number of fused-ring (bicyclic) bond motifs is 3. The molecule has 146 valence electrons. The molecule has 1 saturated heterocycles. The van der Waals surface area contributed by atoms with Crippen LogP contribution in [-0.2, 0) is 32.7 Å². The summed E-state index contributed by atoms with van der Waals surface area (Å²) < 4.78 is 5.57. The first kappa shape index (κ1) is 18.7. The number of Topliss-reactive ketones (excluding diaryl/α,β-unsaturated/α-hetero) is 1. The van der Waals surface area contributed by atoms with Gasteiger partial charge in [0.05, 0.1) is 12.5 Å². The number of ether oxygens (including phenoxy) is 1. The lowest BCUT2D eigenvalue weighted by atomic mass is 9.60. The lowest BCUT2D eigenvalue weighted by Gasteiger charge is -2.47. The smallest absolute Gasteiger partial charge is 0.228 e. The minimum absolute atomic E-state index is 0.0190. The van der Waals surface area contributed by atoms with Crippen molar-refractivity contribution < 1.29 is 14.3 Å². The van der Waals surface area contributed by atoms with E-state index in [0.29, 0.717) is 5.92 Å². The van der Waals surface area contributed by atoms with Gasteiger partial charge in [-0.15, -0.1) is 0 Å². The fourth-order valence-electron chi connectivity index (χ4n) is 5.70. The van der Waals surface area contributed by atoms with Crippen LogP contribution in [0.15, 0.2) is 18.2 Å². The summed E-state index contributed by atoms with van der Waals surface area (Å²) in [6, 6.07) is 6.65. The second-order valence-corrected chi connectivity index (χ2v) is 9.21. The summed E-state index contributed by atoms with van der Waals surface area (Å²) in [5.41, 5.74) is 2.60. The van der Waals surface area contributed by atoms with Crippen molar-refractivity contribution in [1.29, 1.82) is 0 Å². The van der Waals surface area contributed by atoms with Crippen molar-refractivity contribution in [1.82, 2.24) is 5.32 Å². The van der Waals surface area contributed by atoms with Gasteiger partial charge in [-0.2, -0.15) is 0 Å². The van der Waals surface area contributed by atoms with Crippen molar-refractivity contribution in [3.8, 4) is 0 Å². The molecule has 2 fully saturated rings. The minimum Gasteiger partial charge on any atom is -0.381 e. The van der Waals surface area contributed by atoms with Crippen LogP contribution in [0.2, 0.25) is 0 Å². The maximum Gasteiger partial charge on any atom is 0.228 e. The van der Waals surface area contributed by atoms with Crippen LogP contribution in [0.1, 0.15) is 69.1 Å².